The molecule has 0 aliphatic heterocycles. The third-order valence-electron chi connectivity index (χ3n) is 3.68. The van der Waals surface area contributed by atoms with Crippen molar-refractivity contribution in [1.29, 1.82) is 0 Å². The van der Waals surface area contributed by atoms with Gasteiger partial charge in [-0.2, -0.15) is 0 Å². The summed E-state index contributed by atoms with van der Waals surface area (Å²) in [5, 5.41) is 4.38. The Morgan fingerprint density at radius 2 is 2.12 bits per heavy atom. The predicted molar refractivity (Wildman–Crippen MR) is 74.6 cm³/mol. The highest BCUT2D eigenvalue weighted by molar-refractivity contribution is 6.33. The quantitative estimate of drug-likeness (QED) is 0.863. The molecule has 0 radical (unpaired) electrons. The maximum atomic E-state index is 6.25. The Hall–Kier alpha value is -0.730. The minimum absolute atomic E-state index is 0.481. The Morgan fingerprint density at radius 1 is 1.35 bits per heavy atom. The van der Waals surface area contributed by atoms with E-state index in [0.717, 1.165) is 17.3 Å². The van der Waals surface area contributed by atoms with E-state index < -0.39 is 0 Å². The third kappa shape index (κ3) is 3.14. The van der Waals surface area contributed by atoms with Crippen molar-refractivity contribution in [2.24, 2.45) is 11.7 Å². The molecule has 1 aliphatic rings. The maximum Gasteiger partial charge on any atom is 0.0640 e. The molecule has 3 N–H and O–H groups in total. The van der Waals surface area contributed by atoms with E-state index in [2.05, 4.69) is 24.4 Å². The molecule has 0 spiro atoms. The fraction of sp³-hybridized carbons (Fsp3) is 0.571. The van der Waals surface area contributed by atoms with Crippen molar-refractivity contribution in [3.63, 3.8) is 0 Å². The van der Waals surface area contributed by atoms with Crippen LogP contribution in [0.1, 0.15) is 31.2 Å². The van der Waals surface area contributed by atoms with Crippen LogP contribution in [0.15, 0.2) is 18.2 Å². The zero-order valence-electron chi connectivity index (χ0n) is 10.4. The lowest BCUT2D eigenvalue weighted by molar-refractivity contribution is 0.332. The molecule has 1 aromatic carbocycles. The van der Waals surface area contributed by atoms with Gasteiger partial charge in [-0.1, -0.05) is 30.5 Å². The molecule has 0 aromatic heterocycles. The first-order valence-corrected chi connectivity index (χ1v) is 6.81. The number of hydrogen-bond acceptors (Lipinski definition) is 2. The summed E-state index contributed by atoms with van der Waals surface area (Å²) in [5.41, 5.74) is 8.07. The van der Waals surface area contributed by atoms with Crippen molar-refractivity contribution in [3.05, 3.63) is 28.8 Å². The van der Waals surface area contributed by atoms with E-state index in [4.69, 9.17) is 17.3 Å². The third-order valence-corrected chi connectivity index (χ3v) is 3.99. The highest BCUT2D eigenvalue weighted by Gasteiger charge is 2.24. The predicted octanol–water partition coefficient (Wildman–Crippen LogP) is 3.58. The lowest BCUT2D eigenvalue weighted by atomic mass is 9.84. The molecule has 94 valence electrons. The first-order chi connectivity index (χ1) is 8.20. The second kappa shape index (κ2) is 5.74. The summed E-state index contributed by atoms with van der Waals surface area (Å²) in [6.45, 7) is 2.82. The number of rotatable bonds is 3. The summed E-state index contributed by atoms with van der Waals surface area (Å²) in [6.07, 6.45) is 5.03. The largest absolute Gasteiger partial charge is 0.381 e. The van der Waals surface area contributed by atoms with E-state index in [0.29, 0.717) is 12.0 Å². The second-order valence-electron chi connectivity index (χ2n) is 5.01. The normalized spacial score (nSPS) is 24.6. The van der Waals surface area contributed by atoms with Crippen LogP contribution in [0.3, 0.4) is 0 Å². The number of nitrogens with two attached hydrogens (primary N) is 1. The molecule has 1 aromatic rings. The van der Waals surface area contributed by atoms with Gasteiger partial charge in [0.15, 0.2) is 0 Å². The summed E-state index contributed by atoms with van der Waals surface area (Å²) in [5.74, 6) is 0.584. The van der Waals surface area contributed by atoms with E-state index in [-0.39, 0.29) is 0 Å². The molecule has 2 nitrogen and oxygen atoms in total. The van der Waals surface area contributed by atoms with E-state index in [1.807, 2.05) is 6.07 Å². The second-order valence-corrected chi connectivity index (χ2v) is 5.42. The van der Waals surface area contributed by atoms with E-state index in [1.54, 1.807) is 0 Å². The zero-order chi connectivity index (χ0) is 12.3. The molecule has 0 saturated heterocycles. The van der Waals surface area contributed by atoms with E-state index >= 15 is 0 Å². The van der Waals surface area contributed by atoms with Crippen LogP contribution in [0.5, 0.6) is 0 Å². The van der Waals surface area contributed by atoms with Gasteiger partial charge in [-0.15, -0.1) is 0 Å². The molecular formula is C14H21ClN2. The summed E-state index contributed by atoms with van der Waals surface area (Å²) in [6, 6.07) is 6.65. The minimum atomic E-state index is 0.481. The van der Waals surface area contributed by atoms with Crippen LogP contribution in [0.25, 0.3) is 0 Å². The van der Waals surface area contributed by atoms with Crippen molar-refractivity contribution in [1.82, 2.24) is 0 Å². The number of hydrogen-bond donors (Lipinski definition) is 2. The topological polar surface area (TPSA) is 38.0 Å². The van der Waals surface area contributed by atoms with Crippen LogP contribution < -0.4 is 11.1 Å². The van der Waals surface area contributed by atoms with Gasteiger partial charge < -0.3 is 11.1 Å². The van der Waals surface area contributed by atoms with Gasteiger partial charge in [0, 0.05) is 6.04 Å². The SMILES string of the molecule is Cc1ccc(NC2CCCCC2CN)c(Cl)c1. The molecular weight excluding hydrogens is 232 g/mol. The number of benzene rings is 1. The van der Waals surface area contributed by atoms with Crippen LogP contribution in [0.2, 0.25) is 5.02 Å². The van der Waals surface area contributed by atoms with Crippen molar-refractivity contribution in [2.75, 3.05) is 11.9 Å². The number of anilines is 1. The van der Waals surface area contributed by atoms with Gasteiger partial charge in [-0.05, 0) is 49.9 Å². The molecule has 1 aliphatic carbocycles. The molecule has 0 amide bonds. The zero-order valence-corrected chi connectivity index (χ0v) is 11.1. The van der Waals surface area contributed by atoms with Crippen LogP contribution in [0, 0.1) is 12.8 Å². The molecule has 0 heterocycles. The molecule has 2 unspecified atom stereocenters. The van der Waals surface area contributed by atoms with Crippen LogP contribution in [0.4, 0.5) is 5.69 Å². The van der Waals surface area contributed by atoms with E-state index in [9.17, 15) is 0 Å². The summed E-state index contributed by atoms with van der Waals surface area (Å²) < 4.78 is 0. The number of halogens is 1. The fourth-order valence-electron chi connectivity index (χ4n) is 2.62. The first-order valence-electron chi connectivity index (χ1n) is 6.43. The van der Waals surface area contributed by atoms with Crippen molar-refractivity contribution >= 4 is 17.3 Å². The molecule has 2 rings (SSSR count). The van der Waals surface area contributed by atoms with Gasteiger partial charge in [-0.3, -0.25) is 0 Å². The smallest absolute Gasteiger partial charge is 0.0640 e. The van der Waals surface area contributed by atoms with Gasteiger partial charge in [0.25, 0.3) is 0 Å². The van der Waals surface area contributed by atoms with Crippen LogP contribution >= 0.6 is 11.6 Å². The summed E-state index contributed by atoms with van der Waals surface area (Å²) >= 11 is 6.25. The Morgan fingerprint density at radius 3 is 2.82 bits per heavy atom. The minimum Gasteiger partial charge on any atom is -0.381 e. The Labute approximate surface area is 109 Å². The molecule has 1 saturated carbocycles. The summed E-state index contributed by atoms with van der Waals surface area (Å²) in [4.78, 5) is 0. The van der Waals surface area contributed by atoms with Gasteiger partial charge in [-0.25, -0.2) is 0 Å². The Balaban J connectivity index is 2.08. The molecule has 0 bridgehead atoms. The Bertz CT molecular complexity index is 378. The van der Waals surface area contributed by atoms with Gasteiger partial charge >= 0.3 is 0 Å². The van der Waals surface area contributed by atoms with Crippen LogP contribution in [-0.2, 0) is 0 Å². The maximum absolute atomic E-state index is 6.25. The molecule has 17 heavy (non-hydrogen) atoms. The van der Waals surface area contributed by atoms with Crippen molar-refractivity contribution < 1.29 is 0 Å². The average Bonchev–Trinajstić information content (AvgIpc) is 2.33. The van der Waals surface area contributed by atoms with Gasteiger partial charge in [0.2, 0.25) is 0 Å². The highest BCUT2D eigenvalue weighted by atomic mass is 35.5. The monoisotopic (exact) mass is 252 g/mol. The Kier molecular flexibility index (Phi) is 4.30. The molecule has 1 fully saturated rings. The van der Waals surface area contributed by atoms with Crippen LogP contribution in [-0.4, -0.2) is 12.6 Å². The number of nitrogens with one attached hydrogen (secondary N) is 1. The highest BCUT2D eigenvalue weighted by Crippen LogP contribution is 2.30. The number of aryl methyl sites for hydroxylation is 1. The van der Waals surface area contributed by atoms with Crippen molar-refractivity contribution in [2.45, 2.75) is 38.6 Å². The lowest BCUT2D eigenvalue weighted by Gasteiger charge is -2.32. The van der Waals surface area contributed by atoms with Crippen molar-refractivity contribution in [3.8, 4) is 0 Å². The molecule has 3 heteroatoms. The van der Waals surface area contributed by atoms with Gasteiger partial charge in [0.1, 0.15) is 0 Å². The van der Waals surface area contributed by atoms with E-state index in [1.165, 1.54) is 31.2 Å². The lowest BCUT2D eigenvalue weighted by Crippen LogP contribution is -2.36. The summed E-state index contributed by atoms with van der Waals surface area (Å²) in [7, 11) is 0. The standard InChI is InChI=1S/C14H21ClN2/c1-10-6-7-14(12(15)8-10)17-13-5-3-2-4-11(13)9-16/h6-8,11,13,17H,2-5,9,16H2,1H3. The molecule has 2 atom stereocenters. The average molecular weight is 253 g/mol. The van der Waals surface area contributed by atoms with Gasteiger partial charge in [0.05, 0.1) is 10.7 Å². The fourth-order valence-corrected chi connectivity index (χ4v) is 2.91. The first kappa shape index (κ1) is 12.7.